The maximum absolute atomic E-state index is 13.1. The van der Waals surface area contributed by atoms with Crippen molar-refractivity contribution in [1.82, 2.24) is 5.32 Å². The average molecular weight is 1130 g/mol. The first kappa shape index (κ1) is 77.5. The molecule has 3 atom stereocenters. The van der Waals surface area contributed by atoms with Gasteiger partial charge in [-0.2, -0.15) is 0 Å². The summed E-state index contributed by atoms with van der Waals surface area (Å²) in [4.78, 5) is 23.5. The minimum atomic E-state index is -4.32. The number of carbonyl (C=O) groups excluding carboxylic acids is 1. The second-order valence-electron chi connectivity index (χ2n) is 26.0. The number of likely N-dealkylation sites (N-methyl/N-ethyl adjacent to an activating group) is 1. The molecule has 0 aromatic carbocycles. The molecule has 0 saturated heterocycles. The molecule has 0 heterocycles. The summed E-state index contributed by atoms with van der Waals surface area (Å²) in [6.07, 6.45) is 76.4. The van der Waals surface area contributed by atoms with Gasteiger partial charge in [0.25, 0.3) is 0 Å². The van der Waals surface area contributed by atoms with Crippen LogP contribution in [0.5, 0.6) is 0 Å². The summed E-state index contributed by atoms with van der Waals surface area (Å²) in [6, 6.07) is -0.757. The standard InChI is InChI=1S/C69H141N2O6P/c1-6-8-10-12-14-16-18-20-22-24-26-28-30-31-32-33-34-35-36-37-38-39-41-43-45-47-49-51-53-55-57-59-61-63-69(73)70-67(66-77-78(74,75)76-65-64-71(3,4)5)68(72)62-60-58-56-54-52-50-48-46-44-42-40-29-27-25-23-21-19-17-15-13-11-9-7-2/h67-68,72H,6-66H2,1-5H3,(H-,70,73,74,75)/p+1. The van der Waals surface area contributed by atoms with E-state index in [0.29, 0.717) is 23.9 Å². The van der Waals surface area contributed by atoms with Crippen molar-refractivity contribution in [3.8, 4) is 0 Å². The average Bonchev–Trinajstić information content (AvgIpc) is 3.41. The highest BCUT2D eigenvalue weighted by molar-refractivity contribution is 7.47. The maximum Gasteiger partial charge on any atom is 0.472 e. The molecule has 0 radical (unpaired) electrons. The summed E-state index contributed by atoms with van der Waals surface area (Å²) in [7, 11) is 1.64. The molecule has 78 heavy (non-hydrogen) atoms. The van der Waals surface area contributed by atoms with E-state index in [2.05, 4.69) is 19.2 Å². The number of carbonyl (C=O) groups is 1. The summed E-state index contributed by atoms with van der Waals surface area (Å²) in [6.45, 7) is 4.97. The zero-order valence-corrected chi connectivity index (χ0v) is 54.6. The molecule has 1 amide bonds. The third-order valence-electron chi connectivity index (χ3n) is 16.9. The second-order valence-corrected chi connectivity index (χ2v) is 27.4. The number of amides is 1. The number of rotatable bonds is 67. The van der Waals surface area contributed by atoms with Crippen molar-refractivity contribution in [2.45, 2.75) is 398 Å². The first-order chi connectivity index (χ1) is 38.0. The van der Waals surface area contributed by atoms with Crippen molar-refractivity contribution in [1.29, 1.82) is 0 Å². The van der Waals surface area contributed by atoms with Crippen molar-refractivity contribution in [3.63, 3.8) is 0 Å². The Morgan fingerprint density at radius 2 is 0.615 bits per heavy atom. The van der Waals surface area contributed by atoms with Crippen LogP contribution >= 0.6 is 7.82 Å². The highest BCUT2D eigenvalue weighted by atomic mass is 31.2. The Morgan fingerprint density at radius 3 is 0.859 bits per heavy atom. The lowest BCUT2D eigenvalue weighted by Gasteiger charge is -2.26. The fourth-order valence-electron chi connectivity index (χ4n) is 11.3. The maximum atomic E-state index is 13.1. The van der Waals surface area contributed by atoms with Crippen LogP contribution in [0, 0.1) is 0 Å². The minimum Gasteiger partial charge on any atom is -0.391 e. The molecule has 9 heteroatoms. The number of quaternary nitrogens is 1. The Hall–Kier alpha value is -0.500. The van der Waals surface area contributed by atoms with Crippen molar-refractivity contribution in [3.05, 3.63) is 0 Å². The Labute approximate surface area is 489 Å². The molecule has 0 saturated carbocycles. The van der Waals surface area contributed by atoms with Crippen LogP contribution in [0.3, 0.4) is 0 Å². The van der Waals surface area contributed by atoms with E-state index in [4.69, 9.17) is 9.05 Å². The third-order valence-corrected chi connectivity index (χ3v) is 17.8. The zero-order chi connectivity index (χ0) is 57.0. The molecular weight excluding hydrogens is 984 g/mol. The zero-order valence-electron chi connectivity index (χ0n) is 53.7. The van der Waals surface area contributed by atoms with Gasteiger partial charge in [-0.05, 0) is 12.8 Å². The third kappa shape index (κ3) is 63.1. The van der Waals surface area contributed by atoms with Crippen molar-refractivity contribution in [2.75, 3.05) is 40.9 Å². The van der Waals surface area contributed by atoms with Gasteiger partial charge in [0.15, 0.2) is 0 Å². The number of phosphoric ester groups is 1. The van der Waals surface area contributed by atoms with Crippen LogP contribution in [0.2, 0.25) is 0 Å². The molecule has 0 aliphatic heterocycles. The molecule has 3 unspecified atom stereocenters. The fourth-order valence-corrected chi connectivity index (χ4v) is 12.1. The van der Waals surface area contributed by atoms with E-state index in [9.17, 15) is 19.4 Å². The minimum absolute atomic E-state index is 0.0795. The van der Waals surface area contributed by atoms with Crippen LogP contribution in [0.4, 0.5) is 0 Å². The monoisotopic (exact) mass is 1130 g/mol. The topological polar surface area (TPSA) is 105 Å². The van der Waals surface area contributed by atoms with E-state index < -0.39 is 20.0 Å². The molecule has 0 bridgehead atoms. The summed E-state index contributed by atoms with van der Waals surface area (Å²) in [5, 5.41) is 14.1. The number of hydrogen-bond acceptors (Lipinski definition) is 5. The van der Waals surface area contributed by atoms with Gasteiger partial charge in [-0.1, -0.05) is 367 Å². The molecule has 8 nitrogen and oxygen atoms in total. The van der Waals surface area contributed by atoms with Crippen LogP contribution in [0.15, 0.2) is 0 Å². The molecule has 0 aromatic rings. The number of hydrogen-bond donors (Lipinski definition) is 3. The Morgan fingerprint density at radius 1 is 0.385 bits per heavy atom. The highest BCUT2D eigenvalue weighted by Crippen LogP contribution is 2.43. The van der Waals surface area contributed by atoms with E-state index in [-0.39, 0.29) is 19.1 Å². The van der Waals surface area contributed by atoms with Crippen LogP contribution in [-0.2, 0) is 18.4 Å². The van der Waals surface area contributed by atoms with Gasteiger partial charge in [0, 0.05) is 6.42 Å². The Bertz CT molecular complexity index is 1230. The van der Waals surface area contributed by atoms with Crippen LogP contribution in [0.25, 0.3) is 0 Å². The predicted molar refractivity (Wildman–Crippen MR) is 342 cm³/mol. The van der Waals surface area contributed by atoms with Gasteiger partial charge in [-0.25, -0.2) is 4.57 Å². The molecule has 0 aliphatic carbocycles. The molecule has 468 valence electrons. The largest absolute Gasteiger partial charge is 0.472 e. The summed E-state index contributed by atoms with van der Waals surface area (Å²) < 4.78 is 23.9. The van der Waals surface area contributed by atoms with Gasteiger partial charge in [-0.3, -0.25) is 13.8 Å². The van der Waals surface area contributed by atoms with E-state index in [1.807, 2.05) is 21.1 Å². The van der Waals surface area contributed by atoms with Crippen LogP contribution < -0.4 is 5.32 Å². The van der Waals surface area contributed by atoms with Gasteiger partial charge in [0.2, 0.25) is 5.91 Å². The highest BCUT2D eigenvalue weighted by Gasteiger charge is 2.28. The van der Waals surface area contributed by atoms with E-state index in [1.54, 1.807) is 0 Å². The summed E-state index contributed by atoms with van der Waals surface area (Å²) in [5.41, 5.74) is 0. The molecule has 0 rings (SSSR count). The van der Waals surface area contributed by atoms with Gasteiger partial charge in [0.05, 0.1) is 39.9 Å². The van der Waals surface area contributed by atoms with Crippen molar-refractivity contribution in [2.24, 2.45) is 0 Å². The number of phosphoric acid groups is 1. The second kappa shape index (κ2) is 61.1. The van der Waals surface area contributed by atoms with Crippen LogP contribution in [0.1, 0.15) is 386 Å². The van der Waals surface area contributed by atoms with Crippen molar-refractivity contribution < 1.29 is 32.9 Å². The Balaban J connectivity index is 3.95. The molecule has 0 aliphatic rings. The first-order valence-electron chi connectivity index (χ1n) is 35.4. The predicted octanol–water partition coefficient (Wildman–Crippen LogP) is 22.3. The number of aliphatic hydroxyl groups is 1. The molecule has 0 aromatic heterocycles. The lowest BCUT2D eigenvalue weighted by atomic mass is 10.0. The molecular formula is C69H142N2O6P+. The lowest BCUT2D eigenvalue weighted by Crippen LogP contribution is -2.46. The number of nitrogens with one attached hydrogen (secondary N) is 1. The number of unbranched alkanes of at least 4 members (excludes halogenated alkanes) is 54. The Kier molecular flexibility index (Phi) is 60.7. The molecule has 0 fully saturated rings. The van der Waals surface area contributed by atoms with E-state index in [0.717, 1.165) is 38.5 Å². The van der Waals surface area contributed by atoms with Crippen molar-refractivity contribution >= 4 is 13.7 Å². The molecule has 3 N–H and O–H groups in total. The number of nitrogens with zero attached hydrogens (tertiary/aromatic N) is 1. The molecule has 0 spiro atoms. The van der Waals surface area contributed by atoms with E-state index in [1.165, 1.54) is 321 Å². The smallest absolute Gasteiger partial charge is 0.391 e. The van der Waals surface area contributed by atoms with Gasteiger partial charge < -0.3 is 19.8 Å². The van der Waals surface area contributed by atoms with Gasteiger partial charge in [0.1, 0.15) is 13.2 Å². The number of aliphatic hydroxyl groups excluding tert-OH is 1. The lowest BCUT2D eigenvalue weighted by molar-refractivity contribution is -0.870. The van der Waals surface area contributed by atoms with Gasteiger partial charge >= 0.3 is 7.82 Å². The van der Waals surface area contributed by atoms with E-state index >= 15 is 0 Å². The SMILES string of the molecule is CCCCCCCCCCCCCCCCCCCCCCCCCCCCCCCCCCCC(=O)NC(COP(=O)(O)OCC[N+](C)(C)C)C(O)CCCCCCCCCCCCCCCCCCCCCCCCC. The summed E-state index contributed by atoms with van der Waals surface area (Å²) in [5.74, 6) is -0.133. The summed E-state index contributed by atoms with van der Waals surface area (Å²) >= 11 is 0. The fraction of sp³-hybridized carbons (Fsp3) is 0.986. The van der Waals surface area contributed by atoms with Crippen LogP contribution in [-0.4, -0.2) is 73.4 Å². The quantitative estimate of drug-likeness (QED) is 0.0318. The normalized spacial score (nSPS) is 13.6. The van der Waals surface area contributed by atoms with Gasteiger partial charge in [-0.15, -0.1) is 0 Å². The first-order valence-corrected chi connectivity index (χ1v) is 36.9.